The second kappa shape index (κ2) is 33.9. The lowest BCUT2D eigenvalue weighted by Crippen LogP contribution is -2.29. The largest absolute Gasteiger partial charge is 0.481 e. The Balaban J connectivity index is 1.90. The maximum Gasteiger partial charge on any atom is 0.306 e. The lowest BCUT2D eigenvalue weighted by Gasteiger charge is -2.12. The van der Waals surface area contributed by atoms with Gasteiger partial charge in [-0.1, -0.05) is 70.6 Å². The molecule has 0 aromatic carbocycles. The molecule has 0 unspecified atom stereocenters. The van der Waals surface area contributed by atoms with Gasteiger partial charge in [-0.25, -0.2) is 0 Å². The fraction of sp³-hybridized carbons (Fsp3) is 0.842. The van der Waals surface area contributed by atoms with E-state index < -0.39 is 11.9 Å². The second-order valence-corrected chi connectivity index (χ2v) is 13.5. The van der Waals surface area contributed by atoms with Crippen molar-refractivity contribution in [1.29, 1.82) is 0 Å². The summed E-state index contributed by atoms with van der Waals surface area (Å²) in [5, 5.41) is 23.8. The van der Waals surface area contributed by atoms with Crippen molar-refractivity contribution in [3.8, 4) is 0 Å². The van der Waals surface area contributed by atoms with Crippen LogP contribution in [0.1, 0.15) is 135 Å². The monoisotopic (exact) mass is 738 g/mol. The highest BCUT2D eigenvalue weighted by Gasteiger charge is 2.22. The van der Waals surface area contributed by atoms with E-state index in [1.165, 1.54) is 71.1 Å². The van der Waals surface area contributed by atoms with E-state index >= 15 is 0 Å². The standard InChI is InChI=1S/C38H66N4O10/c1-32(43)30-51-26-24-49-22-15-18-36(45)31-52-27-25-50-23-21-39-37(46)20-19-33(38(47)48)28-35(44)17-14-12-10-8-6-4-2-3-5-7-9-11-13-16-34-29-40-42-41-34/h33H,2-31H2,1H3,(H,39,46)(H,47,48)/t33-/m1/s1. The minimum absolute atomic E-state index is 0.00957. The Morgan fingerprint density at radius 2 is 1.21 bits per heavy atom. The van der Waals surface area contributed by atoms with Gasteiger partial charge in [0, 0.05) is 38.8 Å². The second-order valence-electron chi connectivity index (χ2n) is 13.5. The number of carbonyl (C=O) groups is 5. The Hall–Kier alpha value is -2.94. The minimum Gasteiger partial charge on any atom is -0.481 e. The predicted octanol–water partition coefficient (Wildman–Crippen LogP) is 6.22. The van der Waals surface area contributed by atoms with Crippen molar-refractivity contribution < 1.29 is 48.0 Å². The van der Waals surface area contributed by atoms with Crippen molar-refractivity contribution in [1.82, 2.24) is 5.32 Å². The minimum atomic E-state index is -1.05. The van der Waals surface area contributed by atoms with Gasteiger partial charge in [0.05, 0.1) is 44.7 Å². The number of carboxylic acids is 1. The highest BCUT2D eigenvalue weighted by atomic mass is 16.5. The fourth-order valence-corrected chi connectivity index (χ4v) is 5.60. The van der Waals surface area contributed by atoms with E-state index in [2.05, 4.69) is 20.8 Å². The Labute approximate surface area is 310 Å². The Bertz CT molecular complexity index is 1050. The van der Waals surface area contributed by atoms with Gasteiger partial charge in [0.15, 0.2) is 11.6 Å². The number of hydrogen-bond acceptors (Lipinski definition) is 12. The van der Waals surface area contributed by atoms with Crippen LogP contribution >= 0.6 is 0 Å². The van der Waals surface area contributed by atoms with Crippen molar-refractivity contribution in [3.05, 3.63) is 0 Å². The zero-order valence-corrected chi connectivity index (χ0v) is 31.8. The van der Waals surface area contributed by atoms with Crippen LogP contribution in [-0.2, 0) is 42.9 Å². The molecule has 1 atom stereocenters. The van der Waals surface area contributed by atoms with E-state index in [1.54, 1.807) is 0 Å². The average Bonchev–Trinajstić information content (AvgIpc) is 3.64. The maximum absolute atomic E-state index is 12.4. The summed E-state index contributed by atoms with van der Waals surface area (Å²) in [5.74, 6) is -2.32. The average molecular weight is 739 g/mol. The lowest BCUT2D eigenvalue weighted by atomic mass is 9.94. The topological polar surface area (TPSA) is 192 Å². The molecule has 1 rings (SSSR count). The summed E-state index contributed by atoms with van der Waals surface area (Å²) in [6, 6.07) is 0. The van der Waals surface area contributed by atoms with E-state index in [-0.39, 0.29) is 82.1 Å². The number of carbonyl (C=O) groups excluding carboxylic acids is 4. The van der Waals surface area contributed by atoms with Crippen LogP contribution in [0.15, 0.2) is 15.4 Å². The normalized spacial score (nSPS) is 12.9. The molecule has 14 heteroatoms. The number of nitrogens with one attached hydrogen (secondary N) is 1. The number of hydrogen-bond donors (Lipinski definition) is 2. The summed E-state index contributed by atoms with van der Waals surface area (Å²) < 4.78 is 21.1. The van der Waals surface area contributed by atoms with Gasteiger partial charge in [-0.15, -0.1) is 5.10 Å². The molecule has 14 nitrogen and oxygen atoms in total. The fourth-order valence-electron chi connectivity index (χ4n) is 5.60. The van der Waals surface area contributed by atoms with Crippen molar-refractivity contribution in [2.75, 3.05) is 65.9 Å². The van der Waals surface area contributed by atoms with Gasteiger partial charge in [-0.05, 0) is 44.3 Å². The first-order chi connectivity index (χ1) is 25.3. The number of aliphatic carboxylic acids is 1. The number of Topliss-reactive ketones (excluding diaryl/α,β-unsaturated/α-hetero) is 3. The summed E-state index contributed by atoms with van der Waals surface area (Å²) in [4.78, 5) is 58.9. The summed E-state index contributed by atoms with van der Waals surface area (Å²) >= 11 is 0. The molecule has 0 aromatic heterocycles. The van der Waals surface area contributed by atoms with Crippen molar-refractivity contribution in [2.45, 2.75) is 135 Å². The molecule has 0 saturated carbocycles. The number of carboxylic acid groups (broad SMARTS) is 1. The van der Waals surface area contributed by atoms with E-state index in [1.807, 2.05) is 0 Å². The number of ketones is 3. The molecule has 52 heavy (non-hydrogen) atoms. The maximum atomic E-state index is 12.4. The van der Waals surface area contributed by atoms with Gasteiger partial charge in [-0.2, -0.15) is 5.11 Å². The highest BCUT2D eigenvalue weighted by Crippen LogP contribution is 2.17. The summed E-state index contributed by atoms with van der Waals surface area (Å²) in [6.07, 6.45) is 17.8. The van der Waals surface area contributed by atoms with Crippen LogP contribution in [0.4, 0.5) is 0 Å². The number of rotatable bonds is 39. The van der Waals surface area contributed by atoms with Crippen molar-refractivity contribution in [3.63, 3.8) is 0 Å². The number of ether oxygens (including phenoxy) is 4. The molecule has 1 amide bonds. The van der Waals surface area contributed by atoms with Gasteiger partial charge in [0.1, 0.15) is 25.5 Å². The Morgan fingerprint density at radius 1 is 0.654 bits per heavy atom. The van der Waals surface area contributed by atoms with Gasteiger partial charge in [-0.3, -0.25) is 24.0 Å². The molecule has 0 radical (unpaired) electrons. The van der Waals surface area contributed by atoms with E-state index in [4.69, 9.17) is 18.9 Å². The zero-order valence-electron chi connectivity index (χ0n) is 31.8. The summed E-state index contributed by atoms with van der Waals surface area (Å²) in [5.41, 5.74) is 1.11. The quantitative estimate of drug-likeness (QED) is 0.0685. The molecule has 1 heterocycles. The third-order valence-electron chi connectivity index (χ3n) is 8.59. The third-order valence-corrected chi connectivity index (χ3v) is 8.59. The predicted molar refractivity (Wildman–Crippen MR) is 198 cm³/mol. The van der Waals surface area contributed by atoms with Gasteiger partial charge in [0.25, 0.3) is 0 Å². The molecule has 0 aromatic rings. The Morgan fingerprint density at radius 3 is 1.81 bits per heavy atom. The molecule has 2 N–H and O–H groups in total. The lowest BCUT2D eigenvalue weighted by molar-refractivity contribution is -0.144. The number of amides is 1. The van der Waals surface area contributed by atoms with Crippen LogP contribution in [0, 0.1) is 5.92 Å². The summed E-state index contributed by atoms with van der Waals surface area (Å²) in [7, 11) is 0. The third kappa shape index (κ3) is 30.7. The Kier molecular flexibility index (Phi) is 30.7. The molecule has 0 aliphatic carbocycles. The van der Waals surface area contributed by atoms with Crippen LogP contribution in [0.5, 0.6) is 0 Å². The van der Waals surface area contributed by atoms with Crippen LogP contribution in [0.3, 0.4) is 0 Å². The molecule has 298 valence electrons. The molecule has 0 fully saturated rings. The zero-order chi connectivity index (χ0) is 37.9. The molecule has 1 aliphatic rings. The molecular weight excluding hydrogens is 672 g/mol. The molecule has 1 aliphatic heterocycles. The van der Waals surface area contributed by atoms with Crippen molar-refractivity contribution >= 4 is 34.9 Å². The smallest absolute Gasteiger partial charge is 0.306 e. The van der Waals surface area contributed by atoms with E-state index in [0.717, 1.165) is 31.4 Å². The molecule has 0 bridgehead atoms. The van der Waals surface area contributed by atoms with Gasteiger partial charge >= 0.3 is 5.97 Å². The van der Waals surface area contributed by atoms with Crippen LogP contribution < -0.4 is 5.32 Å². The van der Waals surface area contributed by atoms with Gasteiger partial charge < -0.3 is 29.4 Å². The molecular formula is C38H66N4O10. The number of unbranched alkanes of at least 4 members (excludes halogenated alkanes) is 12. The van der Waals surface area contributed by atoms with E-state index in [9.17, 15) is 29.1 Å². The molecule has 0 spiro atoms. The molecule has 0 saturated heterocycles. The van der Waals surface area contributed by atoms with Crippen LogP contribution in [-0.4, -0.2) is 106 Å². The first kappa shape index (κ1) is 47.1. The first-order valence-electron chi connectivity index (χ1n) is 19.5. The van der Waals surface area contributed by atoms with Gasteiger partial charge in [0.2, 0.25) is 5.91 Å². The summed E-state index contributed by atoms with van der Waals surface area (Å²) in [6.45, 7) is 4.37. The van der Waals surface area contributed by atoms with E-state index in [0.29, 0.717) is 45.6 Å². The van der Waals surface area contributed by atoms with Crippen LogP contribution in [0.25, 0.3) is 0 Å². The van der Waals surface area contributed by atoms with Crippen LogP contribution in [0.2, 0.25) is 0 Å². The SMILES string of the molecule is CC(=O)COCCOCCCC(=O)COCCOCCNC(=O)CC[C@H](CC(=O)CCCCCCCCCCCCCCCC1=NN=NC1)C(=O)O. The van der Waals surface area contributed by atoms with Crippen molar-refractivity contribution in [2.24, 2.45) is 21.4 Å². The number of nitrogens with zero attached hydrogens (tertiary/aromatic N) is 3. The first-order valence-corrected chi connectivity index (χ1v) is 19.5. The highest BCUT2D eigenvalue weighted by molar-refractivity contribution is 5.87.